The molecule has 1 amide bonds. The Hall–Kier alpha value is -1.84. The number of nitrogens with two attached hydrogens (primary N) is 1. The summed E-state index contributed by atoms with van der Waals surface area (Å²) in [6, 6.07) is 4.79. The van der Waals surface area contributed by atoms with Crippen LogP contribution in [0, 0.1) is 0 Å². The quantitative estimate of drug-likeness (QED) is 0.795. The van der Waals surface area contributed by atoms with Crippen molar-refractivity contribution in [2.75, 3.05) is 0 Å². The van der Waals surface area contributed by atoms with Crippen LogP contribution in [0.5, 0.6) is 0 Å². The van der Waals surface area contributed by atoms with Gasteiger partial charge in [0.2, 0.25) is 5.91 Å². The Morgan fingerprint density at radius 3 is 2.56 bits per heavy atom. The van der Waals surface area contributed by atoms with Gasteiger partial charge in [-0.2, -0.15) is 0 Å². The van der Waals surface area contributed by atoms with Gasteiger partial charge in [-0.1, -0.05) is 25.5 Å². The van der Waals surface area contributed by atoms with Gasteiger partial charge in [0.1, 0.15) is 0 Å². The number of carboxylic acid groups (broad SMARTS) is 1. The number of aryl methyl sites for hydroxylation is 1. The number of benzene rings is 1. The summed E-state index contributed by atoms with van der Waals surface area (Å²) in [6.07, 6.45) is 2.56. The van der Waals surface area contributed by atoms with Crippen LogP contribution < -0.4 is 5.73 Å². The second kappa shape index (κ2) is 5.30. The third-order valence-corrected chi connectivity index (χ3v) is 2.43. The van der Waals surface area contributed by atoms with Gasteiger partial charge in [-0.25, -0.2) is 4.79 Å². The van der Waals surface area contributed by atoms with E-state index in [1.54, 1.807) is 12.1 Å². The van der Waals surface area contributed by atoms with Crippen molar-refractivity contribution < 1.29 is 14.7 Å². The number of aromatic carboxylic acids is 1. The van der Waals surface area contributed by atoms with Crippen molar-refractivity contribution in [3.8, 4) is 0 Å². The molecule has 0 atom stereocenters. The van der Waals surface area contributed by atoms with Crippen molar-refractivity contribution in [2.24, 2.45) is 5.73 Å². The van der Waals surface area contributed by atoms with Gasteiger partial charge in [0.05, 0.1) is 11.1 Å². The summed E-state index contributed by atoms with van der Waals surface area (Å²) in [6.45, 7) is 2.03. The lowest BCUT2D eigenvalue weighted by Gasteiger charge is -2.08. The molecule has 0 heterocycles. The highest BCUT2D eigenvalue weighted by Gasteiger charge is 2.17. The maximum absolute atomic E-state index is 11.3. The molecule has 0 saturated carbocycles. The molecular weight excluding hydrogens is 206 g/mol. The molecule has 0 fully saturated rings. The normalized spacial score (nSPS) is 10.1. The minimum atomic E-state index is -1.12. The van der Waals surface area contributed by atoms with Crippen molar-refractivity contribution in [1.82, 2.24) is 0 Å². The molecule has 3 N–H and O–H groups in total. The van der Waals surface area contributed by atoms with Crippen LogP contribution in [-0.2, 0) is 6.42 Å². The fraction of sp³-hybridized carbons (Fsp3) is 0.333. The van der Waals surface area contributed by atoms with Crippen molar-refractivity contribution in [3.63, 3.8) is 0 Å². The molecule has 4 nitrogen and oxygen atoms in total. The third-order valence-electron chi connectivity index (χ3n) is 2.43. The Bertz CT molecular complexity index is 413. The summed E-state index contributed by atoms with van der Waals surface area (Å²) >= 11 is 0. The summed E-state index contributed by atoms with van der Waals surface area (Å²) in [5, 5.41) is 8.96. The standard InChI is InChI=1S/C12H15NO3/c1-2-3-5-8-6-4-7-9(12(15)16)10(8)11(13)14/h4,6-7H,2-3,5H2,1H3,(H2,13,14)(H,15,16). The highest BCUT2D eigenvalue weighted by atomic mass is 16.4. The Morgan fingerprint density at radius 2 is 2.06 bits per heavy atom. The van der Waals surface area contributed by atoms with Gasteiger partial charge in [0.25, 0.3) is 0 Å². The smallest absolute Gasteiger partial charge is 0.336 e. The van der Waals surface area contributed by atoms with Crippen molar-refractivity contribution in [2.45, 2.75) is 26.2 Å². The van der Waals surface area contributed by atoms with Gasteiger partial charge >= 0.3 is 5.97 Å². The molecule has 1 aromatic rings. The van der Waals surface area contributed by atoms with Gasteiger partial charge in [-0.05, 0) is 24.5 Å². The second-order valence-corrected chi connectivity index (χ2v) is 3.61. The lowest BCUT2D eigenvalue weighted by molar-refractivity contribution is 0.0692. The Balaban J connectivity index is 3.21. The largest absolute Gasteiger partial charge is 0.478 e. The summed E-state index contributed by atoms with van der Waals surface area (Å²) in [7, 11) is 0. The molecule has 1 aromatic carbocycles. The average Bonchev–Trinajstić information content (AvgIpc) is 2.25. The summed E-state index contributed by atoms with van der Waals surface area (Å²) in [5.41, 5.74) is 6.07. The molecule has 0 bridgehead atoms. The van der Waals surface area contributed by atoms with Crippen molar-refractivity contribution in [1.29, 1.82) is 0 Å². The first-order valence-electron chi connectivity index (χ1n) is 5.23. The molecular formula is C12H15NO3. The maximum Gasteiger partial charge on any atom is 0.336 e. The van der Waals surface area contributed by atoms with E-state index < -0.39 is 11.9 Å². The number of hydrogen-bond donors (Lipinski definition) is 2. The van der Waals surface area contributed by atoms with E-state index in [0.717, 1.165) is 12.8 Å². The lowest BCUT2D eigenvalue weighted by atomic mass is 9.96. The first-order valence-corrected chi connectivity index (χ1v) is 5.23. The van der Waals surface area contributed by atoms with Crippen LogP contribution in [0.2, 0.25) is 0 Å². The average molecular weight is 221 g/mol. The van der Waals surface area contributed by atoms with Crippen LogP contribution in [-0.4, -0.2) is 17.0 Å². The molecule has 0 aromatic heterocycles. The molecule has 0 spiro atoms. The minimum Gasteiger partial charge on any atom is -0.478 e. The predicted molar refractivity (Wildman–Crippen MR) is 60.5 cm³/mol. The highest BCUT2D eigenvalue weighted by molar-refractivity contribution is 6.05. The van der Waals surface area contributed by atoms with E-state index in [1.165, 1.54) is 6.07 Å². The maximum atomic E-state index is 11.3. The van der Waals surface area contributed by atoms with E-state index in [4.69, 9.17) is 10.8 Å². The molecule has 86 valence electrons. The SMILES string of the molecule is CCCCc1cccc(C(=O)O)c1C(N)=O. The van der Waals surface area contributed by atoms with Gasteiger partial charge in [-0.3, -0.25) is 4.79 Å². The molecule has 1 rings (SSSR count). The van der Waals surface area contributed by atoms with E-state index in [0.29, 0.717) is 12.0 Å². The molecule has 4 heteroatoms. The first-order chi connectivity index (χ1) is 7.57. The van der Waals surface area contributed by atoms with E-state index in [2.05, 4.69) is 0 Å². The van der Waals surface area contributed by atoms with E-state index >= 15 is 0 Å². The number of unbranched alkanes of at least 4 members (excludes halogenated alkanes) is 1. The predicted octanol–water partition coefficient (Wildman–Crippen LogP) is 1.83. The Morgan fingerprint density at radius 1 is 1.38 bits per heavy atom. The van der Waals surface area contributed by atoms with Crippen molar-refractivity contribution in [3.05, 3.63) is 34.9 Å². The summed E-state index contributed by atoms with van der Waals surface area (Å²) < 4.78 is 0. The van der Waals surface area contributed by atoms with E-state index in [1.807, 2.05) is 6.92 Å². The number of amides is 1. The molecule has 0 unspecified atom stereocenters. The number of carboxylic acids is 1. The first kappa shape index (κ1) is 12.2. The Labute approximate surface area is 94.1 Å². The summed E-state index contributed by atoms with van der Waals surface area (Å²) in [4.78, 5) is 22.2. The zero-order chi connectivity index (χ0) is 12.1. The fourth-order valence-electron chi connectivity index (χ4n) is 1.64. The number of carbonyl (C=O) groups excluding carboxylic acids is 1. The number of hydrogen-bond acceptors (Lipinski definition) is 2. The van der Waals surface area contributed by atoms with Crippen molar-refractivity contribution >= 4 is 11.9 Å². The molecule has 16 heavy (non-hydrogen) atoms. The highest BCUT2D eigenvalue weighted by Crippen LogP contribution is 2.17. The van der Waals surface area contributed by atoms with E-state index in [-0.39, 0.29) is 11.1 Å². The van der Waals surface area contributed by atoms with Crippen LogP contribution in [0.3, 0.4) is 0 Å². The Kier molecular flexibility index (Phi) is 4.05. The monoisotopic (exact) mass is 221 g/mol. The molecule has 0 aliphatic heterocycles. The fourth-order valence-corrected chi connectivity index (χ4v) is 1.64. The third kappa shape index (κ3) is 2.59. The molecule has 0 aliphatic rings. The number of primary amides is 1. The molecule has 0 radical (unpaired) electrons. The van der Waals surface area contributed by atoms with Crippen LogP contribution in [0.4, 0.5) is 0 Å². The van der Waals surface area contributed by atoms with E-state index in [9.17, 15) is 9.59 Å². The van der Waals surface area contributed by atoms with Gasteiger partial charge in [0, 0.05) is 0 Å². The lowest BCUT2D eigenvalue weighted by Crippen LogP contribution is -2.18. The zero-order valence-electron chi connectivity index (χ0n) is 9.19. The zero-order valence-corrected chi connectivity index (χ0v) is 9.19. The summed E-state index contributed by atoms with van der Waals surface area (Å²) in [5.74, 6) is -1.80. The topological polar surface area (TPSA) is 80.4 Å². The minimum absolute atomic E-state index is 0.0129. The van der Waals surface area contributed by atoms with Crippen LogP contribution >= 0.6 is 0 Å². The van der Waals surface area contributed by atoms with Gasteiger partial charge in [0.15, 0.2) is 0 Å². The van der Waals surface area contributed by atoms with Gasteiger partial charge < -0.3 is 10.8 Å². The van der Waals surface area contributed by atoms with Crippen LogP contribution in [0.25, 0.3) is 0 Å². The molecule has 0 saturated heterocycles. The number of carbonyl (C=O) groups is 2. The number of rotatable bonds is 5. The molecule has 0 aliphatic carbocycles. The van der Waals surface area contributed by atoms with Crippen LogP contribution in [0.1, 0.15) is 46.0 Å². The second-order valence-electron chi connectivity index (χ2n) is 3.61. The van der Waals surface area contributed by atoms with Gasteiger partial charge in [-0.15, -0.1) is 0 Å². The van der Waals surface area contributed by atoms with Crippen LogP contribution in [0.15, 0.2) is 18.2 Å².